The zero-order chi connectivity index (χ0) is 6.69. The van der Waals surface area contributed by atoms with E-state index in [0.29, 0.717) is 0 Å². The largest absolute Gasteiger partial charge is 0.377 e. The lowest BCUT2D eigenvalue weighted by molar-refractivity contribution is 0.142. The third-order valence-electron chi connectivity index (χ3n) is 1.29. The second-order valence-corrected chi connectivity index (χ2v) is 2.40. The molecule has 9 heavy (non-hydrogen) atoms. The van der Waals surface area contributed by atoms with Gasteiger partial charge in [0.05, 0.1) is 6.10 Å². The molecule has 0 N–H and O–H groups in total. The number of ether oxygens (including phenoxy) is 1. The third-order valence-corrected chi connectivity index (χ3v) is 1.55. The first-order valence-corrected chi connectivity index (χ1v) is 3.27. The molecule has 0 saturated carbocycles. The molecular formula is C7H9ClO. The molecule has 1 unspecified atom stereocenters. The van der Waals surface area contributed by atoms with Gasteiger partial charge in [0, 0.05) is 12.1 Å². The number of halogens is 1. The molecule has 1 rings (SSSR count). The topological polar surface area (TPSA) is 9.23 Å². The van der Waals surface area contributed by atoms with Crippen molar-refractivity contribution in [3.05, 3.63) is 23.3 Å². The van der Waals surface area contributed by atoms with Crippen molar-refractivity contribution in [1.82, 2.24) is 0 Å². The minimum absolute atomic E-state index is 0.183. The molecule has 1 aliphatic rings. The highest BCUT2D eigenvalue weighted by Gasteiger charge is 2.04. The molecule has 0 aromatic rings. The zero-order valence-corrected chi connectivity index (χ0v) is 6.06. The number of rotatable bonds is 1. The van der Waals surface area contributed by atoms with Gasteiger partial charge in [-0.2, -0.15) is 0 Å². The van der Waals surface area contributed by atoms with Gasteiger partial charge in [0.1, 0.15) is 0 Å². The average Bonchev–Trinajstić information content (AvgIpc) is 1.88. The van der Waals surface area contributed by atoms with Crippen LogP contribution in [0.5, 0.6) is 0 Å². The summed E-state index contributed by atoms with van der Waals surface area (Å²) in [6.07, 6.45) is 6.92. The predicted molar refractivity (Wildman–Crippen MR) is 38.5 cm³/mol. The Morgan fingerprint density at radius 2 is 2.56 bits per heavy atom. The molecule has 50 valence electrons. The average molecular weight is 145 g/mol. The van der Waals surface area contributed by atoms with Gasteiger partial charge < -0.3 is 4.74 Å². The molecule has 0 saturated heterocycles. The summed E-state index contributed by atoms with van der Waals surface area (Å²) in [6.45, 7) is 0. The minimum Gasteiger partial charge on any atom is -0.377 e. The van der Waals surface area contributed by atoms with Gasteiger partial charge >= 0.3 is 0 Å². The van der Waals surface area contributed by atoms with Gasteiger partial charge in [-0.25, -0.2) is 0 Å². The second kappa shape index (κ2) is 3.04. The summed E-state index contributed by atoms with van der Waals surface area (Å²) in [5.74, 6) is 0. The molecule has 2 heteroatoms. The van der Waals surface area contributed by atoms with Crippen LogP contribution in [0, 0.1) is 0 Å². The molecule has 1 nitrogen and oxygen atoms in total. The minimum atomic E-state index is 0.183. The zero-order valence-electron chi connectivity index (χ0n) is 5.30. The lowest BCUT2D eigenvalue weighted by atomic mass is 10.1. The van der Waals surface area contributed by atoms with E-state index in [2.05, 4.69) is 0 Å². The van der Waals surface area contributed by atoms with Crippen LogP contribution >= 0.6 is 11.6 Å². The van der Waals surface area contributed by atoms with Gasteiger partial charge in [-0.1, -0.05) is 17.7 Å². The summed E-state index contributed by atoms with van der Waals surface area (Å²) < 4.78 is 5.05. The molecule has 0 bridgehead atoms. The maximum Gasteiger partial charge on any atom is 0.0803 e. The number of hydrogen-bond acceptors (Lipinski definition) is 1. The van der Waals surface area contributed by atoms with E-state index in [9.17, 15) is 0 Å². The third kappa shape index (κ3) is 1.84. The molecule has 1 aliphatic carbocycles. The Labute approximate surface area is 60.0 Å². The van der Waals surface area contributed by atoms with Crippen LogP contribution in [0.25, 0.3) is 0 Å². The van der Waals surface area contributed by atoms with E-state index in [-0.39, 0.29) is 6.10 Å². The van der Waals surface area contributed by atoms with E-state index >= 15 is 0 Å². The van der Waals surface area contributed by atoms with Crippen LogP contribution in [0.1, 0.15) is 6.42 Å². The number of hydrogen-bond donors (Lipinski definition) is 0. The van der Waals surface area contributed by atoms with Crippen LogP contribution in [0.15, 0.2) is 23.3 Å². The van der Waals surface area contributed by atoms with Crippen molar-refractivity contribution in [2.45, 2.75) is 12.5 Å². The van der Waals surface area contributed by atoms with Crippen LogP contribution in [-0.4, -0.2) is 13.2 Å². The maximum absolute atomic E-state index is 5.68. The highest BCUT2D eigenvalue weighted by Crippen LogP contribution is 2.14. The summed E-state index contributed by atoms with van der Waals surface area (Å²) in [7, 11) is 1.69. The van der Waals surface area contributed by atoms with E-state index in [1.807, 2.05) is 18.2 Å². The Hall–Kier alpha value is -0.270. The Morgan fingerprint density at radius 3 is 3.00 bits per heavy atom. The fourth-order valence-corrected chi connectivity index (χ4v) is 1.01. The predicted octanol–water partition coefficient (Wildman–Crippen LogP) is 2.08. The standard InChI is InChI=1S/C7H9ClO/c1-9-7-4-2-3-6(8)5-7/h2-3,5,7H,4H2,1H3. The van der Waals surface area contributed by atoms with E-state index < -0.39 is 0 Å². The molecule has 0 spiro atoms. The van der Waals surface area contributed by atoms with Crippen LogP contribution in [0.3, 0.4) is 0 Å². The first-order valence-electron chi connectivity index (χ1n) is 2.89. The second-order valence-electron chi connectivity index (χ2n) is 1.96. The Kier molecular flexibility index (Phi) is 2.31. The van der Waals surface area contributed by atoms with Gasteiger partial charge in [-0.15, -0.1) is 0 Å². The van der Waals surface area contributed by atoms with Crippen molar-refractivity contribution in [3.8, 4) is 0 Å². The molecule has 0 aromatic heterocycles. The molecule has 0 heterocycles. The van der Waals surface area contributed by atoms with Crippen molar-refractivity contribution in [3.63, 3.8) is 0 Å². The Balaban J connectivity index is 2.55. The molecular weight excluding hydrogens is 136 g/mol. The number of allylic oxidation sites excluding steroid dienone is 2. The maximum atomic E-state index is 5.68. The SMILES string of the molecule is COC1C=C(Cl)C=CC1. The van der Waals surface area contributed by atoms with Crippen molar-refractivity contribution in [2.75, 3.05) is 7.11 Å². The molecule has 0 fully saturated rings. The van der Waals surface area contributed by atoms with Gasteiger partial charge in [0.2, 0.25) is 0 Å². The first-order chi connectivity index (χ1) is 4.33. The highest BCUT2D eigenvalue weighted by atomic mass is 35.5. The molecule has 0 aliphatic heterocycles. The fourth-order valence-electron chi connectivity index (χ4n) is 0.780. The summed E-state index contributed by atoms with van der Waals surface area (Å²) in [5, 5.41) is 0.771. The van der Waals surface area contributed by atoms with Crippen molar-refractivity contribution in [1.29, 1.82) is 0 Å². The van der Waals surface area contributed by atoms with Crippen LogP contribution in [-0.2, 0) is 4.74 Å². The number of methoxy groups -OCH3 is 1. The molecule has 1 atom stereocenters. The van der Waals surface area contributed by atoms with E-state index in [4.69, 9.17) is 16.3 Å². The van der Waals surface area contributed by atoms with E-state index in [0.717, 1.165) is 11.5 Å². The van der Waals surface area contributed by atoms with Crippen LogP contribution < -0.4 is 0 Å². The van der Waals surface area contributed by atoms with Crippen LogP contribution in [0.4, 0.5) is 0 Å². The lowest BCUT2D eigenvalue weighted by Crippen LogP contribution is -2.07. The molecule has 0 aromatic carbocycles. The molecule has 0 amide bonds. The smallest absolute Gasteiger partial charge is 0.0803 e. The summed E-state index contributed by atoms with van der Waals surface area (Å²) in [6, 6.07) is 0. The fraction of sp³-hybridized carbons (Fsp3) is 0.429. The van der Waals surface area contributed by atoms with Crippen molar-refractivity contribution < 1.29 is 4.74 Å². The van der Waals surface area contributed by atoms with E-state index in [1.54, 1.807) is 7.11 Å². The summed E-state index contributed by atoms with van der Waals surface area (Å²) in [4.78, 5) is 0. The molecule has 0 radical (unpaired) electrons. The van der Waals surface area contributed by atoms with Gasteiger partial charge in [0.25, 0.3) is 0 Å². The van der Waals surface area contributed by atoms with Crippen molar-refractivity contribution >= 4 is 11.6 Å². The first kappa shape index (κ1) is 6.84. The van der Waals surface area contributed by atoms with E-state index in [1.165, 1.54) is 0 Å². The highest BCUT2D eigenvalue weighted by molar-refractivity contribution is 6.31. The lowest BCUT2D eigenvalue weighted by Gasteiger charge is -2.10. The summed E-state index contributed by atoms with van der Waals surface area (Å²) in [5.41, 5.74) is 0. The van der Waals surface area contributed by atoms with Gasteiger partial charge in [0.15, 0.2) is 0 Å². The Bertz CT molecular complexity index is 149. The van der Waals surface area contributed by atoms with Crippen molar-refractivity contribution in [2.24, 2.45) is 0 Å². The quantitative estimate of drug-likeness (QED) is 0.548. The normalized spacial score (nSPS) is 26.0. The monoisotopic (exact) mass is 144 g/mol. The summed E-state index contributed by atoms with van der Waals surface area (Å²) >= 11 is 5.68. The van der Waals surface area contributed by atoms with Gasteiger partial charge in [-0.3, -0.25) is 0 Å². The van der Waals surface area contributed by atoms with Crippen LogP contribution in [0.2, 0.25) is 0 Å². The van der Waals surface area contributed by atoms with Gasteiger partial charge in [-0.05, 0) is 18.6 Å². The Morgan fingerprint density at radius 1 is 1.78 bits per heavy atom.